The van der Waals surface area contributed by atoms with E-state index in [-0.39, 0.29) is 18.5 Å². The number of amides is 1. The van der Waals surface area contributed by atoms with E-state index in [1.54, 1.807) is 12.1 Å². The number of aliphatic carboxylic acids is 1. The van der Waals surface area contributed by atoms with Crippen molar-refractivity contribution in [1.29, 1.82) is 0 Å². The average Bonchev–Trinajstić information content (AvgIpc) is 3.24. The van der Waals surface area contributed by atoms with Crippen molar-refractivity contribution in [1.82, 2.24) is 4.90 Å². The van der Waals surface area contributed by atoms with Crippen molar-refractivity contribution in [3.05, 3.63) is 33.8 Å². The highest BCUT2D eigenvalue weighted by Crippen LogP contribution is 2.28. The monoisotopic (exact) mass is 329 g/mol. The van der Waals surface area contributed by atoms with Gasteiger partial charge in [-0.05, 0) is 43.4 Å². The summed E-state index contributed by atoms with van der Waals surface area (Å²) in [4.78, 5) is 24.4. The number of carboxylic acids is 1. The van der Waals surface area contributed by atoms with Crippen LogP contribution in [0.4, 0.5) is 0 Å². The smallest absolute Gasteiger partial charge is 0.323 e. The summed E-state index contributed by atoms with van der Waals surface area (Å²) in [5.41, 5.74) is 1.02. The van der Waals surface area contributed by atoms with Gasteiger partial charge in [0, 0.05) is 12.5 Å². The Morgan fingerprint density at radius 1 is 1.24 bits per heavy atom. The summed E-state index contributed by atoms with van der Waals surface area (Å²) in [5, 5.41) is 9.87. The SMILES string of the molecule is O=C(O)CN(C(=O)CCCc1ccc(Cl)c(Cl)c1)C1CC1. The van der Waals surface area contributed by atoms with E-state index in [0.717, 1.165) is 18.4 Å². The lowest BCUT2D eigenvalue weighted by molar-refractivity contribution is -0.144. The van der Waals surface area contributed by atoms with Gasteiger partial charge in [-0.3, -0.25) is 9.59 Å². The van der Waals surface area contributed by atoms with Crippen molar-refractivity contribution in [3.63, 3.8) is 0 Å². The topological polar surface area (TPSA) is 57.6 Å². The molecule has 6 heteroatoms. The van der Waals surface area contributed by atoms with Gasteiger partial charge in [0.25, 0.3) is 0 Å². The fourth-order valence-electron chi connectivity index (χ4n) is 2.24. The summed E-state index contributed by atoms with van der Waals surface area (Å²) in [6, 6.07) is 5.54. The van der Waals surface area contributed by atoms with Crippen molar-refractivity contribution < 1.29 is 14.7 Å². The van der Waals surface area contributed by atoms with Gasteiger partial charge in [0.1, 0.15) is 6.54 Å². The molecule has 0 atom stereocenters. The Bertz CT molecular complexity index is 544. The molecule has 1 fully saturated rings. The van der Waals surface area contributed by atoms with Crippen LogP contribution >= 0.6 is 23.2 Å². The molecule has 0 saturated heterocycles. The highest BCUT2D eigenvalue weighted by Gasteiger charge is 2.33. The van der Waals surface area contributed by atoms with Crippen LogP contribution in [-0.2, 0) is 16.0 Å². The largest absolute Gasteiger partial charge is 0.480 e. The minimum Gasteiger partial charge on any atom is -0.480 e. The Balaban J connectivity index is 1.82. The average molecular weight is 330 g/mol. The van der Waals surface area contributed by atoms with Crippen LogP contribution in [0.3, 0.4) is 0 Å². The lowest BCUT2D eigenvalue weighted by atomic mass is 10.1. The zero-order chi connectivity index (χ0) is 15.4. The van der Waals surface area contributed by atoms with Crippen molar-refractivity contribution in [2.24, 2.45) is 0 Å². The Morgan fingerprint density at radius 3 is 2.52 bits per heavy atom. The van der Waals surface area contributed by atoms with Crippen LogP contribution in [0.15, 0.2) is 18.2 Å². The number of carbonyl (C=O) groups excluding carboxylic acids is 1. The molecule has 114 valence electrons. The van der Waals surface area contributed by atoms with E-state index in [1.807, 2.05) is 6.07 Å². The van der Waals surface area contributed by atoms with Gasteiger partial charge in [-0.25, -0.2) is 0 Å². The van der Waals surface area contributed by atoms with Gasteiger partial charge in [-0.15, -0.1) is 0 Å². The lowest BCUT2D eigenvalue weighted by Gasteiger charge is -2.20. The zero-order valence-electron chi connectivity index (χ0n) is 11.5. The van der Waals surface area contributed by atoms with Crippen molar-refractivity contribution in [2.45, 2.75) is 38.1 Å². The zero-order valence-corrected chi connectivity index (χ0v) is 13.0. The Kier molecular flexibility index (Phi) is 5.48. The van der Waals surface area contributed by atoms with Gasteiger partial charge in [-0.1, -0.05) is 29.3 Å². The fourth-order valence-corrected chi connectivity index (χ4v) is 2.56. The van der Waals surface area contributed by atoms with Crippen LogP contribution in [0.2, 0.25) is 10.0 Å². The second kappa shape index (κ2) is 7.14. The van der Waals surface area contributed by atoms with E-state index >= 15 is 0 Å². The molecule has 0 aliphatic heterocycles. The molecule has 1 saturated carbocycles. The number of carbonyl (C=O) groups is 2. The van der Waals surface area contributed by atoms with Crippen LogP contribution in [0.5, 0.6) is 0 Å². The lowest BCUT2D eigenvalue weighted by Crippen LogP contribution is -2.37. The maximum absolute atomic E-state index is 12.1. The molecule has 1 aliphatic carbocycles. The molecular weight excluding hydrogens is 313 g/mol. The second-order valence-corrected chi connectivity index (χ2v) is 6.06. The highest BCUT2D eigenvalue weighted by molar-refractivity contribution is 6.42. The van der Waals surface area contributed by atoms with Crippen LogP contribution in [0.25, 0.3) is 0 Å². The molecule has 1 N–H and O–H groups in total. The molecule has 1 aliphatic rings. The highest BCUT2D eigenvalue weighted by atomic mass is 35.5. The molecule has 0 unspecified atom stereocenters. The number of halogens is 2. The van der Waals surface area contributed by atoms with Crippen molar-refractivity contribution in [3.8, 4) is 0 Å². The standard InChI is InChI=1S/C15H17Cl2NO3/c16-12-7-4-10(8-13(12)17)2-1-3-14(19)18(9-15(20)21)11-5-6-11/h4,7-8,11H,1-3,5-6,9H2,(H,20,21). The molecule has 0 spiro atoms. The minimum atomic E-state index is -0.959. The number of hydrogen-bond donors (Lipinski definition) is 1. The van der Waals surface area contributed by atoms with Gasteiger partial charge < -0.3 is 10.0 Å². The maximum Gasteiger partial charge on any atom is 0.323 e. The third-order valence-corrected chi connectivity index (χ3v) is 4.19. The number of benzene rings is 1. The molecule has 1 aromatic carbocycles. The van der Waals surface area contributed by atoms with E-state index in [4.69, 9.17) is 28.3 Å². The predicted octanol–water partition coefficient (Wildman–Crippen LogP) is 3.39. The molecule has 21 heavy (non-hydrogen) atoms. The molecule has 2 rings (SSSR count). The van der Waals surface area contributed by atoms with Gasteiger partial charge in [0.2, 0.25) is 5.91 Å². The summed E-state index contributed by atoms with van der Waals surface area (Å²) in [6.07, 6.45) is 3.55. The quantitative estimate of drug-likeness (QED) is 0.834. The third kappa shape index (κ3) is 4.90. The molecule has 1 amide bonds. The number of nitrogens with zero attached hydrogens (tertiary/aromatic N) is 1. The summed E-state index contributed by atoms with van der Waals surface area (Å²) in [7, 11) is 0. The van der Waals surface area contributed by atoms with E-state index in [0.29, 0.717) is 29.3 Å². The summed E-state index contributed by atoms with van der Waals surface area (Å²) in [5.74, 6) is -1.04. The van der Waals surface area contributed by atoms with E-state index in [1.165, 1.54) is 4.90 Å². The molecule has 4 nitrogen and oxygen atoms in total. The first-order valence-corrected chi connectivity index (χ1v) is 7.68. The van der Waals surface area contributed by atoms with Crippen LogP contribution in [0, 0.1) is 0 Å². The fraction of sp³-hybridized carbons (Fsp3) is 0.467. The number of rotatable bonds is 7. The number of aryl methyl sites for hydroxylation is 1. The molecule has 0 heterocycles. The van der Waals surface area contributed by atoms with Crippen LogP contribution < -0.4 is 0 Å². The Morgan fingerprint density at radius 2 is 1.95 bits per heavy atom. The van der Waals surface area contributed by atoms with Crippen LogP contribution in [0.1, 0.15) is 31.2 Å². The normalized spacial score (nSPS) is 14.0. The van der Waals surface area contributed by atoms with Crippen LogP contribution in [-0.4, -0.2) is 34.5 Å². The minimum absolute atomic E-state index is 0.0834. The van der Waals surface area contributed by atoms with Crippen molar-refractivity contribution in [2.75, 3.05) is 6.54 Å². The molecule has 0 bridgehead atoms. The molecule has 1 aromatic rings. The summed E-state index contributed by atoms with van der Waals surface area (Å²) < 4.78 is 0. The number of carboxylic acid groups (broad SMARTS) is 1. The van der Waals surface area contributed by atoms with E-state index in [2.05, 4.69) is 0 Å². The second-order valence-electron chi connectivity index (χ2n) is 5.25. The van der Waals surface area contributed by atoms with Gasteiger partial charge in [-0.2, -0.15) is 0 Å². The first-order valence-electron chi connectivity index (χ1n) is 6.92. The predicted molar refractivity (Wildman–Crippen MR) is 81.8 cm³/mol. The summed E-state index contributed by atoms with van der Waals surface area (Å²) >= 11 is 11.8. The van der Waals surface area contributed by atoms with Crippen molar-refractivity contribution >= 4 is 35.1 Å². The Hall–Kier alpha value is -1.26. The van der Waals surface area contributed by atoms with E-state index in [9.17, 15) is 9.59 Å². The van der Waals surface area contributed by atoms with Gasteiger partial charge in [0.15, 0.2) is 0 Å². The maximum atomic E-state index is 12.1. The van der Waals surface area contributed by atoms with Gasteiger partial charge in [0.05, 0.1) is 10.0 Å². The number of hydrogen-bond acceptors (Lipinski definition) is 2. The first-order chi connectivity index (χ1) is 9.97. The van der Waals surface area contributed by atoms with E-state index < -0.39 is 5.97 Å². The molecule has 0 aromatic heterocycles. The summed E-state index contributed by atoms with van der Waals surface area (Å²) in [6.45, 7) is -0.198. The van der Waals surface area contributed by atoms with Gasteiger partial charge >= 0.3 is 5.97 Å². The first kappa shape index (κ1) is 16.1. The molecular formula is C15H17Cl2NO3. The Labute approximate surface area is 133 Å². The third-order valence-electron chi connectivity index (χ3n) is 3.45. The molecule has 0 radical (unpaired) electrons.